The minimum atomic E-state index is -0.508. The second kappa shape index (κ2) is 60.3. The molecule has 0 radical (unpaired) electrons. The standard InChI is InChI=1S/C25H18ClFN4O.C24H17ClFN3O.C20H18N2O3.C19H18N2O2.C18H14N2O2.C7H8BrNO2.6CH4/c26-20-15-16(11-12-21(20)27)30-22-19-13-14-29-25(23(19)32-24(22)28)31(17-7-3-1-4-8-17)18-9-5-2-6-10-18;25-21-15-18(11-12-22(21)26)28-16-17-13-14-27-24(23(17)30)29(19-7-3-1-4-8-19)20-9-5-2-6-10-20;1-24-15-25-19-16(14-23)12-13-21-20(19)22(17-8-4-2-5-9-17)18-10-6-3-7-11-18;1-22-15-23-18-13-8-14-20-19(18)21(16-9-4-2-5-10-16)17-11-6-3-7-12-17;21-13-14-11-12-19-18(17(14)22)20(15-7-3-1-4-8-15)16-9-5-2-6-10-16;1-10-5-11-6-3-2-4-9-7(6)8;;;;;;/h1-15,30H,28H2;1-16,30H;2-14H,15H2,1H3;2-14H,15H2,1H3;1-13,22H;2-4H,5H2,1H3;6*1H4. The highest BCUT2D eigenvalue weighted by Crippen LogP contribution is 2.47. The molecule has 5 N–H and O–H groups in total. The van der Waals surface area contributed by atoms with Crippen LogP contribution in [-0.2, 0) is 14.2 Å². The maximum absolute atomic E-state index is 13.6. The summed E-state index contributed by atoms with van der Waals surface area (Å²) in [7, 11) is 4.70. The molecule has 149 heavy (non-hydrogen) atoms. The Labute approximate surface area is 887 Å². The van der Waals surface area contributed by atoms with E-state index in [1.165, 1.54) is 55.9 Å². The quantitative estimate of drug-likeness (QED) is 0.0141. The molecule has 0 bridgehead atoms. The van der Waals surface area contributed by atoms with Gasteiger partial charge in [-0.25, -0.2) is 38.7 Å². The van der Waals surface area contributed by atoms with E-state index < -0.39 is 11.6 Å². The number of aldehydes is 2. The van der Waals surface area contributed by atoms with Crippen LogP contribution in [0.2, 0.25) is 10.0 Å². The lowest BCUT2D eigenvalue weighted by Crippen LogP contribution is -2.15. The van der Waals surface area contributed by atoms with Gasteiger partial charge in [-0.15, -0.1) is 0 Å². The van der Waals surface area contributed by atoms with Crippen molar-refractivity contribution in [2.45, 2.75) is 44.6 Å². The van der Waals surface area contributed by atoms with Gasteiger partial charge in [0, 0.05) is 133 Å². The van der Waals surface area contributed by atoms with Crippen LogP contribution in [0.5, 0.6) is 28.7 Å². The number of furan rings is 1. The molecule has 0 spiro atoms. The summed E-state index contributed by atoms with van der Waals surface area (Å²) in [6, 6.07) is 120. The number of ether oxygens (including phenoxy) is 6. The van der Waals surface area contributed by atoms with Gasteiger partial charge in [-0.05, 0) is 222 Å². The van der Waals surface area contributed by atoms with Gasteiger partial charge in [0.15, 0.2) is 96.4 Å². The van der Waals surface area contributed by atoms with Gasteiger partial charge in [-0.1, -0.05) is 250 Å². The molecule has 30 heteroatoms. The van der Waals surface area contributed by atoms with E-state index >= 15 is 0 Å². The molecule has 7 heterocycles. The van der Waals surface area contributed by atoms with Crippen LogP contribution in [0.4, 0.5) is 118 Å². The topological polar surface area (TPSA) is 287 Å². The molecular weight excluding hydrogens is 1990 g/mol. The van der Waals surface area contributed by atoms with E-state index in [9.17, 15) is 28.6 Å². The number of carbonyl (C=O) groups is 2. The molecule has 19 aromatic rings. The number of nitrogens with zero attached hydrogens (tertiary/aromatic N) is 12. The molecule has 25 nitrogen and oxygen atoms in total. The number of halogens is 5. The van der Waals surface area contributed by atoms with Gasteiger partial charge >= 0.3 is 0 Å². The minimum absolute atomic E-state index is 0. The van der Waals surface area contributed by atoms with Gasteiger partial charge in [0.1, 0.15) is 21.9 Å². The summed E-state index contributed by atoms with van der Waals surface area (Å²) in [5.74, 6) is 3.31. The number of hydrogen-bond acceptors (Lipinski definition) is 25. The monoisotopic (exact) mass is 2100 g/mol. The van der Waals surface area contributed by atoms with Gasteiger partial charge in [-0.2, -0.15) is 0 Å². The predicted molar refractivity (Wildman–Crippen MR) is 606 cm³/mol. The predicted octanol–water partition coefficient (Wildman–Crippen LogP) is 32.8. The smallest absolute Gasteiger partial charge is 0.215 e. The number of nitrogens with one attached hydrogen (secondary N) is 1. The van der Waals surface area contributed by atoms with Crippen LogP contribution < -0.4 is 49.8 Å². The van der Waals surface area contributed by atoms with Crippen molar-refractivity contribution in [2.75, 3.05) is 77.3 Å². The summed E-state index contributed by atoms with van der Waals surface area (Å²) in [6.07, 6.45) is 12.7. The number of benzene rings is 12. The number of carbonyl (C=O) groups excluding carboxylic acids is 2. The Balaban J connectivity index is 0.000000220. The van der Waals surface area contributed by atoms with Crippen molar-refractivity contribution in [1.29, 1.82) is 0 Å². The Morgan fingerprint density at radius 2 is 0.678 bits per heavy atom. The Morgan fingerprint density at radius 3 is 1.07 bits per heavy atom. The molecule has 0 amide bonds. The third-order valence-electron chi connectivity index (χ3n) is 20.8. The van der Waals surface area contributed by atoms with E-state index in [1.54, 1.807) is 69.5 Å². The average Bonchev–Trinajstić information content (AvgIpc) is 1.63. The Kier molecular flexibility index (Phi) is 47.2. The van der Waals surface area contributed by atoms with Gasteiger partial charge in [-0.3, -0.25) is 39.1 Å². The Morgan fingerprint density at radius 1 is 0.362 bits per heavy atom. The molecule has 0 aliphatic rings. The summed E-state index contributed by atoms with van der Waals surface area (Å²) < 4.78 is 64.9. The van der Waals surface area contributed by atoms with E-state index in [0.717, 1.165) is 74.4 Å². The van der Waals surface area contributed by atoms with Gasteiger partial charge in [0.25, 0.3) is 0 Å². The third-order valence-corrected chi connectivity index (χ3v) is 21.9. The van der Waals surface area contributed by atoms with E-state index in [1.807, 2.05) is 347 Å². The highest BCUT2D eigenvalue weighted by Gasteiger charge is 2.27. The molecule has 7 aromatic heterocycles. The largest absolute Gasteiger partial charge is 0.504 e. The van der Waals surface area contributed by atoms with Crippen molar-refractivity contribution >= 4 is 178 Å². The number of fused-ring (bicyclic) bond motifs is 1. The van der Waals surface area contributed by atoms with E-state index in [2.05, 4.69) is 61.0 Å². The zero-order chi connectivity index (χ0) is 99.9. The fourth-order valence-corrected chi connectivity index (χ4v) is 15.0. The number of rotatable bonds is 30. The number of pyridine rings is 6. The number of para-hydroxylation sites is 10. The van der Waals surface area contributed by atoms with Crippen molar-refractivity contribution in [3.8, 4) is 28.7 Å². The second-order valence-corrected chi connectivity index (χ2v) is 31.8. The first-order valence-electron chi connectivity index (χ1n) is 44.2. The van der Waals surface area contributed by atoms with Crippen LogP contribution in [0, 0.1) is 11.6 Å². The number of anilines is 18. The van der Waals surface area contributed by atoms with Gasteiger partial charge in [0.2, 0.25) is 5.88 Å². The molecule has 0 aliphatic heterocycles. The minimum Gasteiger partial charge on any atom is -0.504 e. The SMILES string of the molecule is C.C.C.C.C.C.COCOc1c(C=O)ccnc1N(c1ccccc1)c1ccccc1.COCOc1cccnc1Br.COCOc1cccnc1N(c1ccccc1)c1ccccc1.Nc1oc2c(N(c3ccccc3)c3ccccc3)nccc2c1Nc1ccc(F)c(Cl)c1.O=Cc1ccnc(N(c2ccccc2)c2ccccc2)c1O.Oc1c(C=Nc2ccc(F)c(Cl)c2)ccnc1N(c1ccccc1)c1ccccc1. The zero-order valence-corrected chi connectivity index (χ0v) is 80.3. The van der Waals surface area contributed by atoms with Crippen LogP contribution in [0.15, 0.2) is 439 Å². The highest BCUT2D eigenvalue weighted by atomic mass is 79.9. The van der Waals surface area contributed by atoms with Gasteiger partial charge in [0.05, 0.1) is 32.2 Å². The number of aliphatic imine (C=N–C) groups is 1. The van der Waals surface area contributed by atoms with Gasteiger partial charge < -0.3 is 54.1 Å². The lowest BCUT2D eigenvalue weighted by Gasteiger charge is -2.26. The molecule has 12 aromatic carbocycles. The van der Waals surface area contributed by atoms with Crippen molar-refractivity contribution in [3.63, 3.8) is 0 Å². The lowest BCUT2D eigenvalue weighted by atomic mass is 10.2. The number of aromatic nitrogens is 6. The third kappa shape index (κ3) is 31.0. The maximum Gasteiger partial charge on any atom is 0.215 e. The summed E-state index contributed by atoms with van der Waals surface area (Å²) in [4.78, 5) is 62.8. The van der Waals surface area contributed by atoms with Crippen LogP contribution in [0.1, 0.15) is 70.8 Å². The maximum atomic E-state index is 13.6. The molecule has 0 saturated carbocycles. The molecule has 764 valence electrons. The fourth-order valence-electron chi connectivity index (χ4n) is 14.3. The molecular formula is C119H117BrCl2F2N14O11. The number of nitrogen functional groups attached to an aromatic ring is 1. The Bertz CT molecular complexity index is 7090. The Hall–Kier alpha value is -17.5. The first kappa shape index (κ1) is 117. The van der Waals surface area contributed by atoms with E-state index in [4.69, 9.17) is 61.8 Å². The average molecular weight is 2110 g/mol. The van der Waals surface area contributed by atoms with Crippen LogP contribution >= 0.6 is 39.1 Å². The molecule has 19 rings (SSSR count). The van der Waals surface area contributed by atoms with E-state index in [-0.39, 0.29) is 97.9 Å². The lowest BCUT2D eigenvalue weighted by molar-refractivity contribution is 0.0502. The summed E-state index contributed by atoms with van der Waals surface area (Å²) >= 11 is 15.0. The molecule has 0 saturated heterocycles. The summed E-state index contributed by atoms with van der Waals surface area (Å²) in [5.41, 5.74) is 18.6. The van der Waals surface area contributed by atoms with Crippen LogP contribution in [0.3, 0.4) is 0 Å². The number of aromatic hydroxyl groups is 2. The van der Waals surface area contributed by atoms with Crippen LogP contribution in [-0.4, -0.2) is 101 Å². The number of hydrogen-bond donors (Lipinski definition) is 4. The number of nitrogens with two attached hydrogens (primary N) is 1. The van der Waals surface area contributed by atoms with Crippen LogP contribution in [0.25, 0.3) is 11.0 Å². The summed E-state index contributed by atoms with van der Waals surface area (Å²) in [6.45, 7) is 0.442. The van der Waals surface area contributed by atoms with Crippen molar-refractivity contribution in [3.05, 3.63) is 468 Å². The first-order valence-corrected chi connectivity index (χ1v) is 45.8. The normalized spacial score (nSPS) is 10.1. The number of methoxy groups -OCH3 is 3. The zero-order valence-electron chi connectivity index (χ0n) is 77.2. The molecule has 0 atom stereocenters. The fraction of sp³-hybridized carbons (Fsp3) is 0.101. The molecule has 0 fully saturated rings. The van der Waals surface area contributed by atoms with Crippen molar-refractivity contribution in [1.82, 2.24) is 29.9 Å². The highest BCUT2D eigenvalue weighted by molar-refractivity contribution is 9.10. The summed E-state index contributed by atoms with van der Waals surface area (Å²) in [5, 5.41) is 25.3. The first-order chi connectivity index (χ1) is 70.1. The molecule has 0 aliphatic carbocycles. The van der Waals surface area contributed by atoms with Crippen molar-refractivity contribution in [2.24, 2.45) is 4.99 Å². The molecule has 0 unspecified atom stereocenters. The van der Waals surface area contributed by atoms with Crippen molar-refractivity contribution < 1.29 is 61.4 Å². The second-order valence-electron chi connectivity index (χ2n) is 30.2. The van der Waals surface area contributed by atoms with E-state index in [0.29, 0.717) is 85.2 Å².